The average molecular weight is 462 g/mol. The molecule has 0 aliphatic carbocycles. The molecule has 2 heterocycles. The van der Waals surface area contributed by atoms with Crippen molar-refractivity contribution in [3.05, 3.63) is 83.8 Å². The van der Waals surface area contributed by atoms with Gasteiger partial charge in [0, 0.05) is 13.1 Å². The Morgan fingerprint density at radius 3 is 2.79 bits per heavy atom. The fourth-order valence-electron chi connectivity index (χ4n) is 4.45. The van der Waals surface area contributed by atoms with Crippen LogP contribution in [0.5, 0.6) is 5.75 Å². The summed E-state index contributed by atoms with van der Waals surface area (Å²) in [5.41, 5.74) is 2.25. The molecule has 1 N–H and O–H groups in total. The first kappa shape index (κ1) is 23.6. The average Bonchev–Trinajstić information content (AvgIpc) is 3.54. The summed E-state index contributed by atoms with van der Waals surface area (Å²) in [7, 11) is 3.40. The Labute approximate surface area is 200 Å². The highest BCUT2D eigenvalue weighted by Gasteiger charge is 2.28. The molecular weight excluding hydrogens is 430 g/mol. The van der Waals surface area contributed by atoms with Crippen LogP contribution in [0.25, 0.3) is 0 Å². The number of amides is 2. The number of para-hydroxylation sites is 1. The SMILES string of the molecule is COc1cccc(CC2CCCN2CC(=O)N(C)c2ccccc2C(=O)NCc2ccco2)c1. The van der Waals surface area contributed by atoms with Gasteiger partial charge in [0.2, 0.25) is 5.91 Å². The summed E-state index contributed by atoms with van der Waals surface area (Å²) in [4.78, 5) is 29.9. The Balaban J connectivity index is 1.40. The Kier molecular flexibility index (Phi) is 7.65. The normalized spacial score (nSPS) is 15.8. The van der Waals surface area contributed by atoms with Gasteiger partial charge in [-0.2, -0.15) is 0 Å². The summed E-state index contributed by atoms with van der Waals surface area (Å²) in [6, 6.07) is 19.2. The number of hydrogen-bond acceptors (Lipinski definition) is 5. The summed E-state index contributed by atoms with van der Waals surface area (Å²) >= 11 is 0. The van der Waals surface area contributed by atoms with Gasteiger partial charge in [-0.1, -0.05) is 24.3 Å². The smallest absolute Gasteiger partial charge is 0.253 e. The van der Waals surface area contributed by atoms with Gasteiger partial charge in [0.1, 0.15) is 11.5 Å². The van der Waals surface area contributed by atoms with E-state index in [2.05, 4.69) is 22.3 Å². The van der Waals surface area contributed by atoms with Gasteiger partial charge in [-0.05, 0) is 67.8 Å². The number of nitrogens with zero attached hydrogens (tertiary/aromatic N) is 2. The second-order valence-corrected chi connectivity index (χ2v) is 8.55. The van der Waals surface area contributed by atoms with Crippen molar-refractivity contribution >= 4 is 17.5 Å². The number of ether oxygens (including phenoxy) is 1. The van der Waals surface area contributed by atoms with Gasteiger partial charge in [-0.15, -0.1) is 0 Å². The van der Waals surface area contributed by atoms with E-state index in [1.165, 1.54) is 5.56 Å². The van der Waals surface area contributed by atoms with Gasteiger partial charge in [-0.3, -0.25) is 14.5 Å². The second-order valence-electron chi connectivity index (χ2n) is 8.55. The first-order valence-electron chi connectivity index (χ1n) is 11.6. The highest BCUT2D eigenvalue weighted by molar-refractivity contribution is 6.05. The molecule has 1 aromatic heterocycles. The third kappa shape index (κ3) is 5.66. The van der Waals surface area contributed by atoms with E-state index in [1.807, 2.05) is 18.2 Å². The summed E-state index contributed by atoms with van der Waals surface area (Å²) in [6.45, 7) is 1.49. The van der Waals surface area contributed by atoms with Crippen LogP contribution in [0.4, 0.5) is 5.69 Å². The molecular formula is C27H31N3O4. The van der Waals surface area contributed by atoms with Gasteiger partial charge in [-0.25, -0.2) is 0 Å². The number of furan rings is 1. The molecule has 1 aliphatic rings. The molecule has 2 aromatic carbocycles. The van der Waals surface area contributed by atoms with E-state index in [0.29, 0.717) is 29.6 Å². The summed E-state index contributed by atoms with van der Waals surface area (Å²) in [6.07, 6.45) is 4.57. The molecule has 1 atom stereocenters. The van der Waals surface area contributed by atoms with E-state index in [-0.39, 0.29) is 18.4 Å². The third-order valence-electron chi connectivity index (χ3n) is 6.33. The summed E-state index contributed by atoms with van der Waals surface area (Å²) in [5.74, 6) is 1.23. The minimum Gasteiger partial charge on any atom is -0.497 e. The van der Waals surface area contributed by atoms with E-state index < -0.39 is 0 Å². The molecule has 0 bridgehead atoms. The lowest BCUT2D eigenvalue weighted by molar-refractivity contribution is -0.119. The van der Waals surface area contributed by atoms with E-state index in [1.54, 1.807) is 55.7 Å². The molecule has 1 fully saturated rings. The van der Waals surface area contributed by atoms with E-state index in [4.69, 9.17) is 9.15 Å². The lowest BCUT2D eigenvalue weighted by Gasteiger charge is -2.27. The van der Waals surface area contributed by atoms with Crippen molar-refractivity contribution in [3.63, 3.8) is 0 Å². The lowest BCUT2D eigenvalue weighted by Crippen LogP contribution is -2.42. The van der Waals surface area contributed by atoms with Crippen LogP contribution in [0.3, 0.4) is 0 Å². The molecule has 4 rings (SSSR count). The topological polar surface area (TPSA) is 75.0 Å². The quantitative estimate of drug-likeness (QED) is 0.523. The Morgan fingerprint density at radius 2 is 2.00 bits per heavy atom. The molecule has 7 heteroatoms. The number of rotatable bonds is 9. The maximum absolute atomic E-state index is 13.2. The standard InChI is InChI=1S/C27H31N3O4/c1-29(25-13-4-3-12-24(25)27(32)28-18-23-11-7-15-34-23)26(31)19-30-14-6-9-21(30)16-20-8-5-10-22(17-20)33-2/h3-5,7-8,10-13,15,17,21H,6,9,14,16,18-19H2,1-2H3,(H,28,32). The Bertz CT molecular complexity index is 1110. The van der Waals surface area contributed by atoms with Crippen molar-refractivity contribution in [2.75, 3.05) is 32.1 Å². The second kappa shape index (κ2) is 11.0. The highest BCUT2D eigenvalue weighted by atomic mass is 16.5. The Hall–Kier alpha value is -3.58. The van der Waals surface area contributed by atoms with Gasteiger partial charge in [0.25, 0.3) is 5.91 Å². The number of carbonyl (C=O) groups is 2. The monoisotopic (exact) mass is 461 g/mol. The zero-order valence-electron chi connectivity index (χ0n) is 19.7. The minimum absolute atomic E-state index is 0.0381. The Morgan fingerprint density at radius 1 is 1.15 bits per heavy atom. The van der Waals surface area contributed by atoms with Crippen LogP contribution < -0.4 is 15.0 Å². The molecule has 34 heavy (non-hydrogen) atoms. The number of carbonyl (C=O) groups excluding carboxylic acids is 2. The highest BCUT2D eigenvalue weighted by Crippen LogP contribution is 2.24. The predicted molar refractivity (Wildman–Crippen MR) is 131 cm³/mol. The fourth-order valence-corrected chi connectivity index (χ4v) is 4.45. The molecule has 1 saturated heterocycles. The fraction of sp³-hybridized carbons (Fsp3) is 0.333. The van der Waals surface area contributed by atoms with E-state index >= 15 is 0 Å². The van der Waals surface area contributed by atoms with Crippen LogP contribution in [-0.4, -0.2) is 50.0 Å². The number of hydrogen-bond donors (Lipinski definition) is 1. The van der Waals surface area contributed by atoms with Gasteiger partial charge in [0.05, 0.1) is 37.7 Å². The maximum Gasteiger partial charge on any atom is 0.253 e. The van der Waals surface area contributed by atoms with Gasteiger partial charge < -0.3 is 19.4 Å². The van der Waals surface area contributed by atoms with E-state index in [0.717, 1.165) is 31.6 Å². The largest absolute Gasteiger partial charge is 0.497 e. The van der Waals surface area contributed by atoms with Crippen LogP contribution >= 0.6 is 0 Å². The van der Waals surface area contributed by atoms with Crippen LogP contribution in [0.2, 0.25) is 0 Å². The molecule has 1 unspecified atom stereocenters. The molecule has 0 spiro atoms. The first-order valence-corrected chi connectivity index (χ1v) is 11.6. The van der Waals surface area contributed by atoms with Crippen molar-refractivity contribution in [1.82, 2.24) is 10.2 Å². The summed E-state index contributed by atoms with van der Waals surface area (Å²) in [5, 5.41) is 2.86. The molecule has 1 aliphatic heterocycles. The number of nitrogens with one attached hydrogen (secondary N) is 1. The van der Waals surface area contributed by atoms with Crippen LogP contribution in [-0.2, 0) is 17.8 Å². The predicted octanol–water partition coefficient (Wildman–Crippen LogP) is 3.89. The number of methoxy groups -OCH3 is 1. The van der Waals surface area contributed by atoms with Crippen molar-refractivity contribution in [2.45, 2.75) is 31.8 Å². The minimum atomic E-state index is -0.247. The van der Waals surface area contributed by atoms with Crippen LogP contribution in [0.15, 0.2) is 71.3 Å². The van der Waals surface area contributed by atoms with Crippen LogP contribution in [0.1, 0.15) is 34.5 Å². The van der Waals surface area contributed by atoms with Crippen molar-refractivity contribution < 1.29 is 18.7 Å². The van der Waals surface area contributed by atoms with Gasteiger partial charge in [0.15, 0.2) is 0 Å². The van der Waals surface area contributed by atoms with Gasteiger partial charge >= 0.3 is 0 Å². The number of benzene rings is 2. The van der Waals surface area contributed by atoms with Crippen molar-refractivity contribution in [2.24, 2.45) is 0 Å². The molecule has 0 radical (unpaired) electrons. The number of likely N-dealkylation sites (N-methyl/N-ethyl adjacent to an activating group) is 1. The molecule has 178 valence electrons. The third-order valence-corrected chi connectivity index (χ3v) is 6.33. The molecule has 0 saturated carbocycles. The number of anilines is 1. The zero-order valence-corrected chi connectivity index (χ0v) is 19.7. The zero-order chi connectivity index (χ0) is 23.9. The summed E-state index contributed by atoms with van der Waals surface area (Å²) < 4.78 is 10.6. The number of likely N-dealkylation sites (tertiary alicyclic amines) is 1. The molecule has 3 aromatic rings. The van der Waals surface area contributed by atoms with Crippen molar-refractivity contribution in [1.29, 1.82) is 0 Å². The first-order chi connectivity index (χ1) is 16.5. The molecule has 7 nitrogen and oxygen atoms in total. The van der Waals surface area contributed by atoms with Crippen LogP contribution in [0, 0.1) is 0 Å². The van der Waals surface area contributed by atoms with Crippen molar-refractivity contribution in [3.8, 4) is 5.75 Å². The van der Waals surface area contributed by atoms with E-state index in [9.17, 15) is 9.59 Å². The maximum atomic E-state index is 13.2. The molecule has 2 amide bonds. The lowest BCUT2D eigenvalue weighted by atomic mass is 10.0.